The average molecular weight is 144 g/mol. The Morgan fingerprint density at radius 1 is 1.60 bits per heavy atom. The quantitative estimate of drug-likeness (QED) is 0.332. The zero-order chi connectivity index (χ0) is 7.98. The van der Waals surface area contributed by atoms with Gasteiger partial charge in [0.25, 0.3) is 0 Å². The summed E-state index contributed by atoms with van der Waals surface area (Å²) in [4.78, 5) is 20.9. The number of ether oxygens (including phenoxy) is 1. The smallest absolute Gasteiger partial charge is 0.316 e. The molecular formula is C7H12O3. The molecule has 0 saturated heterocycles. The Morgan fingerprint density at radius 2 is 2.20 bits per heavy atom. The second-order valence-electron chi connectivity index (χ2n) is 1.90. The first-order valence-corrected chi connectivity index (χ1v) is 3.38. The number of rotatable bonds is 4. The van der Waals surface area contributed by atoms with Gasteiger partial charge in [-0.1, -0.05) is 6.92 Å². The Hall–Kier alpha value is -0.860. The van der Waals surface area contributed by atoms with Crippen molar-refractivity contribution in [2.75, 3.05) is 6.61 Å². The number of hydrogen-bond acceptors (Lipinski definition) is 3. The highest BCUT2D eigenvalue weighted by atomic mass is 16.5. The monoisotopic (exact) mass is 144 g/mol. The van der Waals surface area contributed by atoms with E-state index < -0.39 is 11.9 Å². The van der Waals surface area contributed by atoms with Gasteiger partial charge >= 0.3 is 5.97 Å². The molecule has 3 nitrogen and oxygen atoms in total. The fraction of sp³-hybridized carbons (Fsp3) is 0.714. The number of hydrogen-bond donors (Lipinski definition) is 0. The molecule has 0 aromatic carbocycles. The van der Waals surface area contributed by atoms with Crippen molar-refractivity contribution >= 4 is 12.3 Å². The van der Waals surface area contributed by atoms with Crippen molar-refractivity contribution in [1.29, 1.82) is 0 Å². The first kappa shape index (κ1) is 9.14. The van der Waals surface area contributed by atoms with E-state index in [1.807, 2.05) is 0 Å². The molecule has 0 spiro atoms. The molecule has 0 radical (unpaired) electrons. The first-order valence-electron chi connectivity index (χ1n) is 3.38. The Kier molecular flexibility index (Phi) is 4.54. The van der Waals surface area contributed by atoms with Gasteiger partial charge < -0.3 is 9.53 Å². The van der Waals surface area contributed by atoms with Gasteiger partial charge in [-0.25, -0.2) is 0 Å². The molecule has 0 unspecified atom stereocenters. The normalized spacial score (nSPS) is 12.2. The minimum Gasteiger partial charge on any atom is -0.465 e. The molecule has 0 aromatic heterocycles. The third-order valence-corrected chi connectivity index (χ3v) is 1.19. The third-order valence-electron chi connectivity index (χ3n) is 1.19. The molecule has 0 bridgehead atoms. The maximum absolute atomic E-state index is 10.8. The van der Waals surface area contributed by atoms with Crippen molar-refractivity contribution in [2.45, 2.75) is 20.3 Å². The Morgan fingerprint density at radius 3 is 2.50 bits per heavy atom. The molecule has 58 valence electrons. The van der Waals surface area contributed by atoms with Gasteiger partial charge in [0.2, 0.25) is 0 Å². The highest BCUT2D eigenvalue weighted by Gasteiger charge is 2.15. The molecule has 0 heterocycles. The van der Waals surface area contributed by atoms with Gasteiger partial charge in [-0.3, -0.25) is 4.79 Å². The standard InChI is InChI=1S/C7H12O3/c1-3-6(5-8)7(9)10-4-2/h5-6H,3-4H2,1-2H3/t6-/m1/s1. The lowest BCUT2D eigenvalue weighted by Crippen LogP contribution is -2.17. The lowest BCUT2D eigenvalue weighted by Gasteiger charge is -2.04. The van der Waals surface area contributed by atoms with Crippen LogP contribution in [0.5, 0.6) is 0 Å². The van der Waals surface area contributed by atoms with Crippen LogP contribution in [0, 0.1) is 5.92 Å². The van der Waals surface area contributed by atoms with Gasteiger partial charge in [0.15, 0.2) is 0 Å². The minimum atomic E-state index is -0.569. The van der Waals surface area contributed by atoms with E-state index in [1.54, 1.807) is 13.8 Å². The van der Waals surface area contributed by atoms with Crippen LogP contribution in [-0.4, -0.2) is 18.9 Å². The maximum Gasteiger partial charge on any atom is 0.316 e. The fourth-order valence-electron chi connectivity index (χ4n) is 0.568. The summed E-state index contributed by atoms with van der Waals surface area (Å²) in [7, 11) is 0. The van der Waals surface area contributed by atoms with Crippen molar-refractivity contribution in [1.82, 2.24) is 0 Å². The lowest BCUT2D eigenvalue weighted by atomic mass is 10.1. The van der Waals surface area contributed by atoms with Gasteiger partial charge in [0.1, 0.15) is 12.2 Å². The van der Waals surface area contributed by atoms with Crippen molar-refractivity contribution in [3.8, 4) is 0 Å². The maximum atomic E-state index is 10.8. The van der Waals surface area contributed by atoms with Gasteiger partial charge in [-0.15, -0.1) is 0 Å². The molecule has 0 aromatic rings. The molecule has 10 heavy (non-hydrogen) atoms. The molecule has 0 aliphatic heterocycles. The topological polar surface area (TPSA) is 43.4 Å². The highest BCUT2D eigenvalue weighted by Crippen LogP contribution is 2.00. The summed E-state index contributed by atoms with van der Waals surface area (Å²) < 4.78 is 4.62. The number of carbonyl (C=O) groups excluding carboxylic acids is 2. The molecule has 0 N–H and O–H groups in total. The first-order chi connectivity index (χ1) is 4.76. The van der Waals surface area contributed by atoms with Crippen LogP contribution in [0.25, 0.3) is 0 Å². The Balaban J connectivity index is 3.76. The summed E-state index contributed by atoms with van der Waals surface area (Å²) in [6, 6.07) is 0. The van der Waals surface area contributed by atoms with E-state index in [9.17, 15) is 9.59 Å². The van der Waals surface area contributed by atoms with Gasteiger partial charge in [-0.2, -0.15) is 0 Å². The zero-order valence-electron chi connectivity index (χ0n) is 6.29. The van der Waals surface area contributed by atoms with E-state index in [4.69, 9.17) is 0 Å². The number of aldehydes is 1. The second-order valence-corrected chi connectivity index (χ2v) is 1.90. The van der Waals surface area contributed by atoms with Crippen LogP contribution in [0.15, 0.2) is 0 Å². The fourth-order valence-corrected chi connectivity index (χ4v) is 0.568. The summed E-state index contributed by atoms with van der Waals surface area (Å²) in [5.41, 5.74) is 0. The van der Waals surface area contributed by atoms with E-state index in [0.717, 1.165) is 0 Å². The molecule has 0 fully saturated rings. The van der Waals surface area contributed by atoms with Crippen LogP contribution >= 0.6 is 0 Å². The van der Waals surface area contributed by atoms with E-state index >= 15 is 0 Å². The predicted octanol–water partition coefficient (Wildman–Crippen LogP) is 0.775. The van der Waals surface area contributed by atoms with Gasteiger partial charge in [0, 0.05) is 0 Å². The molecule has 3 heteroatoms. The highest BCUT2D eigenvalue weighted by molar-refractivity contribution is 5.87. The van der Waals surface area contributed by atoms with E-state index in [0.29, 0.717) is 19.3 Å². The van der Waals surface area contributed by atoms with E-state index in [2.05, 4.69) is 4.74 Å². The van der Waals surface area contributed by atoms with Gasteiger partial charge in [0.05, 0.1) is 6.61 Å². The van der Waals surface area contributed by atoms with Crippen LogP contribution in [0.1, 0.15) is 20.3 Å². The lowest BCUT2D eigenvalue weighted by molar-refractivity contribution is -0.149. The molecule has 0 aliphatic rings. The summed E-state index contributed by atoms with van der Waals surface area (Å²) in [6.07, 6.45) is 1.14. The van der Waals surface area contributed by atoms with Crippen molar-refractivity contribution in [3.05, 3.63) is 0 Å². The second kappa shape index (κ2) is 4.97. The molecule has 0 amide bonds. The molecule has 0 aliphatic carbocycles. The number of esters is 1. The molecule has 0 saturated carbocycles. The summed E-state index contributed by atoms with van der Waals surface area (Å²) >= 11 is 0. The van der Waals surface area contributed by atoms with Crippen molar-refractivity contribution < 1.29 is 14.3 Å². The summed E-state index contributed by atoms with van der Waals surface area (Å²) in [5.74, 6) is -0.986. The average Bonchev–Trinajstić information content (AvgIpc) is 1.91. The summed E-state index contributed by atoms with van der Waals surface area (Å²) in [6.45, 7) is 3.83. The van der Waals surface area contributed by atoms with Crippen molar-refractivity contribution in [3.63, 3.8) is 0 Å². The third kappa shape index (κ3) is 2.62. The molecular weight excluding hydrogens is 132 g/mol. The van der Waals surface area contributed by atoms with Crippen LogP contribution in [-0.2, 0) is 14.3 Å². The van der Waals surface area contributed by atoms with E-state index in [1.165, 1.54) is 0 Å². The van der Waals surface area contributed by atoms with Crippen LogP contribution in [0.4, 0.5) is 0 Å². The minimum absolute atomic E-state index is 0.336. The Labute approximate surface area is 60.4 Å². The van der Waals surface area contributed by atoms with Crippen LogP contribution in [0.2, 0.25) is 0 Å². The van der Waals surface area contributed by atoms with Gasteiger partial charge in [-0.05, 0) is 13.3 Å². The summed E-state index contributed by atoms with van der Waals surface area (Å²) in [5, 5.41) is 0. The SMILES string of the molecule is CCOC(=O)[C@@H](C=O)CC. The van der Waals surface area contributed by atoms with E-state index in [-0.39, 0.29) is 0 Å². The Bertz CT molecular complexity index is 120. The number of carbonyl (C=O) groups is 2. The predicted molar refractivity (Wildman–Crippen MR) is 36.5 cm³/mol. The molecule has 0 rings (SSSR count). The largest absolute Gasteiger partial charge is 0.465 e. The van der Waals surface area contributed by atoms with Crippen LogP contribution in [0.3, 0.4) is 0 Å². The zero-order valence-corrected chi connectivity index (χ0v) is 6.29. The van der Waals surface area contributed by atoms with Crippen molar-refractivity contribution in [2.24, 2.45) is 5.92 Å². The van der Waals surface area contributed by atoms with Crippen LogP contribution < -0.4 is 0 Å². The molecule has 1 atom stereocenters.